The Morgan fingerprint density at radius 3 is 2.70 bits per heavy atom. The molecule has 3 rings (SSSR count). The van der Waals surface area contributed by atoms with Crippen LogP contribution in [0.15, 0.2) is 30.6 Å². The van der Waals surface area contributed by atoms with E-state index in [0.717, 1.165) is 5.56 Å². The van der Waals surface area contributed by atoms with Crippen molar-refractivity contribution in [2.45, 2.75) is 5.92 Å². The number of nitrogens with one attached hydrogen (secondary N) is 2. The molecule has 0 aliphatic carbocycles. The van der Waals surface area contributed by atoms with E-state index < -0.39 is 5.97 Å². The minimum absolute atomic E-state index is 0. The van der Waals surface area contributed by atoms with Crippen LogP contribution in [0.25, 0.3) is 0 Å². The number of methoxy groups -OCH3 is 2. The molecule has 8 nitrogen and oxygen atoms in total. The Balaban J connectivity index is 0.00000261. The quantitative estimate of drug-likeness (QED) is 0.748. The van der Waals surface area contributed by atoms with Crippen molar-refractivity contribution in [1.29, 1.82) is 0 Å². The zero-order valence-electron chi connectivity index (χ0n) is 15.4. The molecule has 1 aliphatic rings. The molecule has 1 aliphatic heterocycles. The monoisotopic (exact) mass is 394 g/mol. The predicted molar refractivity (Wildman–Crippen MR) is 103 cm³/mol. The number of carbonyl (C=O) groups excluding carboxylic acids is 2. The number of rotatable bonds is 5. The fourth-order valence-corrected chi connectivity index (χ4v) is 3.20. The van der Waals surface area contributed by atoms with Crippen LogP contribution in [0.4, 0.5) is 5.69 Å². The van der Waals surface area contributed by atoms with E-state index in [0.29, 0.717) is 24.5 Å². The van der Waals surface area contributed by atoms with Crippen molar-refractivity contribution in [3.63, 3.8) is 0 Å². The second-order valence-corrected chi connectivity index (χ2v) is 6.21. The van der Waals surface area contributed by atoms with Crippen LogP contribution in [0.5, 0.6) is 5.75 Å². The summed E-state index contributed by atoms with van der Waals surface area (Å²) in [5, 5.41) is 10.3. The third-order valence-electron chi connectivity index (χ3n) is 4.59. The fraction of sp³-hybridized carbons (Fsp3) is 0.389. The highest BCUT2D eigenvalue weighted by atomic mass is 35.5. The Labute approximate surface area is 163 Å². The summed E-state index contributed by atoms with van der Waals surface area (Å²) in [4.78, 5) is 24.9. The van der Waals surface area contributed by atoms with Crippen LogP contribution in [-0.2, 0) is 16.6 Å². The van der Waals surface area contributed by atoms with Crippen LogP contribution in [0.2, 0.25) is 0 Å². The van der Waals surface area contributed by atoms with Gasteiger partial charge in [-0.15, -0.1) is 12.4 Å². The third-order valence-corrected chi connectivity index (χ3v) is 4.59. The van der Waals surface area contributed by atoms with E-state index in [4.69, 9.17) is 9.47 Å². The van der Waals surface area contributed by atoms with Crippen LogP contribution >= 0.6 is 12.4 Å². The van der Waals surface area contributed by atoms with E-state index >= 15 is 0 Å². The second-order valence-electron chi connectivity index (χ2n) is 6.21. The van der Waals surface area contributed by atoms with Gasteiger partial charge >= 0.3 is 5.97 Å². The molecule has 0 spiro atoms. The van der Waals surface area contributed by atoms with E-state index in [9.17, 15) is 9.59 Å². The van der Waals surface area contributed by atoms with Gasteiger partial charge in [-0.25, -0.2) is 4.79 Å². The van der Waals surface area contributed by atoms with E-state index in [1.807, 2.05) is 13.2 Å². The van der Waals surface area contributed by atoms with E-state index in [1.54, 1.807) is 29.1 Å². The molecule has 2 heterocycles. The molecular formula is C18H23ClN4O4. The van der Waals surface area contributed by atoms with Gasteiger partial charge in [0, 0.05) is 32.3 Å². The number of carbonyl (C=O) groups is 2. The lowest BCUT2D eigenvalue weighted by atomic mass is 9.90. The van der Waals surface area contributed by atoms with Crippen molar-refractivity contribution in [3.8, 4) is 5.75 Å². The zero-order valence-corrected chi connectivity index (χ0v) is 16.2. The number of anilines is 1. The van der Waals surface area contributed by atoms with Gasteiger partial charge in [0.25, 0.3) is 0 Å². The normalized spacial score (nSPS) is 18.5. The Hall–Kier alpha value is -2.58. The molecule has 1 aromatic carbocycles. The summed E-state index contributed by atoms with van der Waals surface area (Å²) < 4.78 is 11.7. The molecule has 146 valence electrons. The number of nitrogens with zero attached hydrogens (tertiary/aromatic N) is 2. The highest BCUT2D eigenvalue weighted by Gasteiger charge is 2.35. The van der Waals surface area contributed by atoms with Gasteiger partial charge in [0.1, 0.15) is 5.75 Å². The number of amides is 1. The topological polar surface area (TPSA) is 94.5 Å². The predicted octanol–water partition coefficient (Wildman–Crippen LogP) is 1.58. The Bertz CT molecular complexity index is 823. The molecule has 1 amide bonds. The fourth-order valence-electron chi connectivity index (χ4n) is 3.20. The summed E-state index contributed by atoms with van der Waals surface area (Å²) in [5.74, 6) is -0.402. The number of benzene rings is 1. The average molecular weight is 395 g/mol. The Kier molecular flexibility index (Phi) is 6.81. The number of ether oxygens (including phenoxy) is 2. The molecular weight excluding hydrogens is 372 g/mol. The number of aromatic nitrogens is 2. The molecule has 27 heavy (non-hydrogen) atoms. The molecule has 0 unspecified atom stereocenters. The Morgan fingerprint density at radius 1 is 1.30 bits per heavy atom. The molecule has 0 radical (unpaired) electrons. The maximum absolute atomic E-state index is 12.9. The molecule has 0 bridgehead atoms. The molecule has 1 fully saturated rings. The van der Waals surface area contributed by atoms with Crippen LogP contribution in [0.3, 0.4) is 0 Å². The molecule has 2 N–H and O–H groups in total. The highest BCUT2D eigenvalue weighted by molar-refractivity contribution is 6.02. The number of halogens is 1. The van der Waals surface area contributed by atoms with E-state index in [-0.39, 0.29) is 35.7 Å². The SMILES string of the molecule is COC(=O)c1cc(OC)ccc1NC(=O)[C@H]1CNC[C@@H]1c1cnn(C)c1.Cl. The second kappa shape index (κ2) is 8.88. The molecule has 2 atom stereocenters. The van der Waals surface area contributed by atoms with Crippen LogP contribution < -0.4 is 15.4 Å². The molecule has 9 heteroatoms. The van der Waals surface area contributed by atoms with Gasteiger partial charge in [-0.3, -0.25) is 9.48 Å². The molecule has 2 aromatic rings. The first-order valence-corrected chi connectivity index (χ1v) is 8.30. The molecule has 1 aromatic heterocycles. The summed E-state index contributed by atoms with van der Waals surface area (Å²) in [6, 6.07) is 4.88. The summed E-state index contributed by atoms with van der Waals surface area (Å²) in [5.41, 5.74) is 1.67. The standard InChI is InChI=1S/C18H22N4O4.ClH/c1-22-10-11(7-20-22)14-8-19-9-15(14)17(23)21-16-5-4-12(25-2)6-13(16)18(24)26-3;/h4-7,10,14-15,19H,8-9H2,1-3H3,(H,21,23);1H/t14-,15+;/m1./s1. The van der Waals surface area contributed by atoms with Crippen molar-refractivity contribution in [1.82, 2.24) is 15.1 Å². The first-order valence-electron chi connectivity index (χ1n) is 8.30. The zero-order chi connectivity index (χ0) is 18.7. The van der Waals surface area contributed by atoms with Gasteiger partial charge in [-0.05, 0) is 23.8 Å². The third kappa shape index (κ3) is 4.40. The van der Waals surface area contributed by atoms with Crippen molar-refractivity contribution in [3.05, 3.63) is 41.7 Å². The van der Waals surface area contributed by atoms with E-state index in [2.05, 4.69) is 15.7 Å². The Morgan fingerprint density at radius 2 is 2.07 bits per heavy atom. The van der Waals surface area contributed by atoms with Crippen LogP contribution in [-0.4, -0.2) is 49.0 Å². The molecule has 1 saturated heterocycles. The van der Waals surface area contributed by atoms with Crippen molar-refractivity contribution in [2.75, 3.05) is 32.6 Å². The summed E-state index contributed by atoms with van der Waals surface area (Å²) >= 11 is 0. The van der Waals surface area contributed by atoms with E-state index in [1.165, 1.54) is 14.2 Å². The lowest BCUT2D eigenvalue weighted by molar-refractivity contribution is -0.119. The maximum Gasteiger partial charge on any atom is 0.340 e. The molecule has 0 saturated carbocycles. The maximum atomic E-state index is 12.9. The number of hydrogen-bond donors (Lipinski definition) is 2. The number of hydrogen-bond acceptors (Lipinski definition) is 6. The minimum Gasteiger partial charge on any atom is -0.497 e. The van der Waals surface area contributed by atoms with Gasteiger partial charge in [0.15, 0.2) is 0 Å². The number of aryl methyl sites for hydroxylation is 1. The largest absolute Gasteiger partial charge is 0.497 e. The summed E-state index contributed by atoms with van der Waals surface area (Å²) in [6.07, 6.45) is 3.70. The minimum atomic E-state index is -0.535. The lowest BCUT2D eigenvalue weighted by Gasteiger charge is -2.18. The van der Waals surface area contributed by atoms with Crippen molar-refractivity contribution in [2.24, 2.45) is 13.0 Å². The summed E-state index contributed by atoms with van der Waals surface area (Å²) in [7, 11) is 4.66. The first-order chi connectivity index (χ1) is 12.5. The van der Waals surface area contributed by atoms with Gasteiger partial charge in [0.2, 0.25) is 5.91 Å². The van der Waals surface area contributed by atoms with Gasteiger partial charge in [-0.1, -0.05) is 0 Å². The van der Waals surface area contributed by atoms with Gasteiger partial charge in [0.05, 0.1) is 37.6 Å². The first kappa shape index (κ1) is 20.7. The van der Waals surface area contributed by atoms with Crippen molar-refractivity contribution < 1.29 is 19.1 Å². The van der Waals surface area contributed by atoms with Gasteiger partial charge in [-0.2, -0.15) is 5.10 Å². The smallest absolute Gasteiger partial charge is 0.340 e. The lowest BCUT2D eigenvalue weighted by Crippen LogP contribution is -2.28. The van der Waals surface area contributed by atoms with Crippen LogP contribution in [0.1, 0.15) is 21.8 Å². The average Bonchev–Trinajstić information content (AvgIpc) is 3.30. The van der Waals surface area contributed by atoms with Crippen molar-refractivity contribution >= 4 is 30.0 Å². The summed E-state index contributed by atoms with van der Waals surface area (Å²) in [6.45, 7) is 1.27. The number of esters is 1. The van der Waals surface area contributed by atoms with Crippen LogP contribution in [0, 0.1) is 5.92 Å². The highest BCUT2D eigenvalue weighted by Crippen LogP contribution is 2.30. The van der Waals surface area contributed by atoms with Gasteiger partial charge < -0.3 is 20.1 Å².